The SMILES string of the molecule is CC1(c2c[c]ccc2F)Cn2nccc2C(N)=N1. The van der Waals surface area contributed by atoms with Gasteiger partial charge in [-0.25, -0.2) is 4.39 Å². The third-order valence-electron chi connectivity index (χ3n) is 3.19. The third kappa shape index (κ3) is 1.51. The summed E-state index contributed by atoms with van der Waals surface area (Å²) in [6, 6.07) is 9.21. The molecule has 0 saturated heterocycles. The number of nitrogens with two attached hydrogens (primary N) is 1. The summed E-state index contributed by atoms with van der Waals surface area (Å²) < 4.78 is 15.6. The van der Waals surface area contributed by atoms with Gasteiger partial charge in [0.1, 0.15) is 22.9 Å². The average Bonchev–Trinajstić information content (AvgIpc) is 2.77. The maximum atomic E-state index is 13.9. The fourth-order valence-corrected chi connectivity index (χ4v) is 2.30. The van der Waals surface area contributed by atoms with Gasteiger partial charge in [-0.3, -0.25) is 9.67 Å². The van der Waals surface area contributed by atoms with Gasteiger partial charge in [0.25, 0.3) is 0 Å². The summed E-state index contributed by atoms with van der Waals surface area (Å²) in [6.45, 7) is 2.31. The molecule has 0 aliphatic carbocycles. The molecule has 3 rings (SSSR count). The Balaban J connectivity index is 2.14. The van der Waals surface area contributed by atoms with E-state index in [0.717, 1.165) is 5.69 Å². The number of amidine groups is 1. The minimum atomic E-state index is -0.745. The van der Waals surface area contributed by atoms with Gasteiger partial charge in [0.15, 0.2) is 0 Å². The largest absolute Gasteiger partial charge is 0.382 e. The molecule has 0 amide bonds. The molecule has 0 bridgehead atoms. The van der Waals surface area contributed by atoms with Crippen molar-refractivity contribution in [3.8, 4) is 0 Å². The maximum absolute atomic E-state index is 13.9. The Morgan fingerprint density at radius 1 is 1.50 bits per heavy atom. The van der Waals surface area contributed by atoms with E-state index in [2.05, 4.69) is 16.2 Å². The van der Waals surface area contributed by atoms with Crippen LogP contribution in [0.5, 0.6) is 0 Å². The average molecular weight is 243 g/mol. The van der Waals surface area contributed by atoms with E-state index < -0.39 is 5.54 Å². The van der Waals surface area contributed by atoms with Crippen LogP contribution in [0.3, 0.4) is 0 Å². The monoisotopic (exact) mass is 243 g/mol. The zero-order chi connectivity index (χ0) is 12.8. The number of halogens is 1. The summed E-state index contributed by atoms with van der Waals surface area (Å²) in [4.78, 5) is 4.43. The Hall–Kier alpha value is -2.17. The van der Waals surface area contributed by atoms with Crippen LogP contribution >= 0.6 is 0 Å². The number of benzene rings is 1. The van der Waals surface area contributed by atoms with Crippen molar-refractivity contribution >= 4 is 5.84 Å². The van der Waals surface area contributed by atoms with Crippen LogP contribution in [-0.2, 0) is 12.1 Å². The van der Waals surface area contributed by atoms with Gasteiger partial charge in [0, 0.05) is 11.8 Å². The van der Waals surface area contributed by atoms with E-state index in [0.29, 0.717) is 17.9 Å². The van der Waals surface area contributed by atoms with Gasteiger partial charge >= 0.3 is 0 Å². The molecule has 1 atom stereocenters. The fourth-order valence-electron chi connectivity index (χ4n) is 2.30. The van der Waals surface area contributed by atoms with Crippen LogP contribution in [-0.4, -0.2) is 15.6 Å². The first-order valence-electron chi connectivity index (χ1n) is 5.64. The molecule has 2 heterocycles. The first kappa shape index (κ1) is 11.0. The standard InChI is InChI=1S/C13H12FN4/c1-13(9-4-2-3-5-10(9)14)8-18-11(6-7-16-18)12(15)17-13/h3-7H,8H2,1H3,(H2,15,17). The van der Waals surface area contributed by atoms with E-state index in [1.807, 2.05) is 6.92 Å². The predicted octanol–water partition coefficient (Wildman–Crippen LogP) is 1.46. The highest BCUT2D eigenvalue weighted by molar-refractivity contribution is 5.96. The topological polar surface area (TPSA) is 56.2 Å². The van der Waals surface area contributed by atoms with Gasteiger partial charge in [-0.15, -0.1) is 0 Å². The molecule has 2 aromatic rings. The molecule has 18 heavy (non-hydrogen) atoms. The molecule has 0 saturated carbocycles. The molecule has 5 heteroatoms. The van der Waals surface area contributed by atoms with Crippen molar-refractivity contribution in [2.45, 2.75) is 19.0 Å². The fraction of sp³-hybridized carbons (Fsp3) is 0.231. The van der Waals surface area contributed by atoms with E-state index >= 15 is 0 Å². The summed E-state index contributed by atoms with van der Waals surface area (Å²) in [5.41, 5.74) is 6.42. The zero-order valence-electron chi connectivity index (χ0n) is 9.89. The molecule has 1 aromatic carbocycles. The summed E-state index contributed by atoms with van der Waals surface area (Å²) in [5.74, 6) is 0.0768. The highest BCUT2D eigenvalue weighted by Gasteiger charge is 2.34. The Bertz CT molecular complexity index is 631. The van der Waals surface area contributed by atoms with Gasteiger partial charge in [-0.05, 0) is 31.2 Å². The highest BCUT2D eigenvalue weighted by atomic mass is 19.1. The van der Waals surface area contributed by atoms with Crippen LogP contribution in [0.1, 0.15) is 18.2 Å². The predicted molar refractivity (Wildman–Crippen MR) is 65.5 cm³/mol. The minimum absolute atomic E-state index is 0.302. The number of hydrogen-bond acceptors (Lipinski definition) is 3. The van der Waals surface area contributed by atoms with Crippen LogP contribution in [0, 0.1) is 11.9 Å². The molecular formula is C13H12FN4. The second-order valence-electron chi connectivity index (χ2n) is 4.55. The lowest BCUT2D eigenvalue weighted by molar-refractivity contribution is 0.363. The number of rotatable bonds is 1. The molecule has 1 aliphatic rings. The number of nitrogens with zero attached hydrogens (tertiary/aromatic N) is 3. The zero-order valence-corrected chi connectivity index (χ0v) is 9.89. The van der Waals surface area contributed by atoms with Gasteiger partial charge in [0.2, 0.25) is 0 Å². The molecule has 2 N–H and O–H groups in total. The molecule has 91 valence electrons. The Morgan fingerprint density at radius 3 is 3.11 bits per heavy atom. The normalized spacial score (nSPS) is 22.4. The van der Waals surface area contributed by atoms with Crippen LogP contribution < -0.4 is 5.73 Å². The molecule has 1 aliphatic heterocycles. The molecule has 1 aromatic heterocycles. The van der Waals surface area contributed by atoms with Gasteiger partial charge < -0.3 is 5.73 Å². The highest BCUT2D eigenvalue weighted by Crippen LogP contribution is 2.32. The smallest absolute Gasteiger partial charge is 0.145 e. The molecule has 0 fully saturated rings. The van der Waals surface area contributed by atoms with Gasteiger partial charge in [0.05, 0.1) is 6.54 Å². The van der Waals surface area contributed by atoms with Crippen molar-refractivity contribution < 1.29 is 4.39 Å². The summed E-state index contributed by atoms with van der Waals surface area (Å²) in [5, 5.41) is 4.18. The van der Waals surface area contributed by atoms with E-state index in [-0.39, 0.29) is 5.82 Å². The quantitative estimate of drug-likeness (QED) is 0.824. The van der Waals surface area contributed by atoms with Crippen LogP contribution in [0.4, 0.5) is 4.39 Å². The van der Waals surface area contributed by atoms with E-state index in [1.165, 1.54) is 12.1 Å². The number of aliphatic imine (C=N–C) groups is 1. The van der Waals surface area contributed by atoms with E-state index in [9.17, 15) is 4.39 Å². The molecule has 4 nitrogen and oxygen atoms in total. The van der Waals surface area contributed by atoms with Crippen molar-refractivity contribution in [2.24, 2.45) is 10.7 Å². The molecule has 1 radical (unpaired) electrons. The first-order chi connectivity index (χ1) is 8.60. The number of aromatic nitrogens is 2. The van der Waals surface area contributed by atoms with Crippen molar-refractivity contribution in [3.63, 3.8) is 0 Å². The second-order valence-corrected chi connectivity index (χ2v) is 4.55. The lowest BCUT2D eigenvalue weighted by Gasteiger charge is -2.31. The lowest BCUT2D eigenvalue weighted by atomic mass is 9.91. The second kappa shape index (κ2) is 3.66. The molecular weight excluding hydrogens is 231 g/mol. The van der Waals surface area contributed by atoms with Crippen molar-refractivity contribution in [3.05, 3.63) is 53.6 Å². The number of fused-ring (bicyclic) bond motifs is 1. The lowest BCUT2D eigenvalue weighted by Crippen LogP contribution is -2.37. The van der Waals surface area contributed by atoms with Gasteiger partial charge in [-0.2, -0.15) is 5.10 Å². The summed E-state index contributed by atoms with van der Waals surface area (Å²) in [6.07, 6.45) is 1.66. The molecule has 0 spiro atoms. The van der Waals surface area contributed by atoms with Crippen molar-refractivity contribution in [1.82, 2.24) is 9.78 Å². The summed E-state index contributed by atoms with van der Waals surface area (Å²) in [7, 11) is 0. The van der Waals surface area contributed by atoms with E-state index in [4.69, 9.17) is 5.73 Å². The van der Waals surface area contributed by atoms with Crippen LogP contribution in [0.15, 0.2) is 35.5 Å². The maximum Gasteiger partial charge on any atom is 0.145 e. The van der Waals surface area contributed by atoms with Crippen molar-refractivity contribution in [1.29, 1.82) is 0 Å². The van der Waals surface area contributed by atoms with E-state index in [1.54, 1.807) is 23.0 Å². The van der Waals surface area contributed by atoms with Crippen LogP contribution in [0.2, 0.25) is 0 Å². The Kier molecular flexibility index (Phi) is 2.23. The Morgan fingerprint density at radius 2 is 2.33 bits per heavy atom. The van der Waals surface area contributed by atoms with Gasteiger partial charge in [-0.1, -0.05) is 6.07 Å². The Labute approximate surface area is 104 Å². The molecule has 1 unspecified atom stereocenters. The summed E-state index contributed by atoms with van der Waals surface area (Å²) >= 11 is 0. The third-order valence-corrected chi connectivity index (χ3v) is 3.19. The minimum Gasteiger partial charge on any atom is -0.382 e. The first-order valence-corrected chi connectivity index (χ1v) is 5.64. The van der Waals surface area contributed by atoms with Crippen molar-refractivity contribution in [2.75, 3.05) is 0 Å². The number of hydrogen-bond donors (Lipinski definition) is 1. The van der Waals surface area contributed by atoms with Crippen LogP contribution in [0.25, 0.3) is 0 Å².